The number of rotatable bonds is 1. The van der Waals surface area contributed by atoms with Crippen LogP contribution in [-0.4, -0.2) is 4.98 Å². The van der Waals surface area contributed by atoms with Gasteiger partial charge in [-0.3, -0.25) is 4.98 Å². The van der Waals surface area contributed by atoms with Crippen LogP contribution in [0, 0.1) is 9.39 Å². The fourth-order valence-corrected chi connectivity index (χ4v) is 1.17. The number of halogens is 3. The Kier molecular flexibility index (Phi) is 2.85. The highest BCUT2D eigenvalue weighted by molar-refractivity contribution is 14.1. The Hall–Kier alpha value is 0.100. The van der Waals surface area contributed by atoms with Gasteiger partial charge in [-0.1, -0.05) is 0 Å². The largest absolute Gasteiger partial charge is 0.257 e. The van der Waals surface area contributed by atoms with Crippen LogP contribution in [0.3, 0.4) is 0 Å². The van der Waals surface area contributed by atoms with Crippen molar-refractivity contribution in [1.29, 1.82) is 0 Å². The van der Waals surface area contributed by atoms with Crippen LogP contribution in [0.2, 0.25) is 0 Å². The van der Waals surface area contributed by atoms with E-state index in [4.69, 9.17) is 11.6 Å². The van der Waals surface area contributed by atoms with Crippen molar-refractivity contribution in [2.45, 2.75) is 5.88 Å². The molecule has 1 heterocycles. The van der Waals surface area contributed by atoms with E-state index in [0.717, 1.165) is 0 Å². The minimum atomic E-state index is -0.297. The zero-order valence-corrected chi connectivity index (χ0v) is 7.86. The molecule has 0 unspecified atom stereocenters. The zero-order valence-electron chi connectivity index (χ0n) is 4.94. The molecule has 0 aliphatic heterocycles. The van der Waals surface area contributed by atoms with Crippen LogP contribution in [0.5, 0.6) is 0 Å². The van der Waals surface area contributed by atoms with Gasteiger partial charge in [0.05, 0.1) is 21.3 Å². The normalized spacial score (nSPS) is 9.90. The van der Waals surface area contributed by atoms with E-state index in [1.807, 2.05) is 22.6 Å². The average Bonchev–Trinajstić information content (AvgIpc) is 1.95. The maximum absolute atomic E-state index is 12.5. The van der Waals surface area contributed by atoms with Crippen LogP contribution in [0.4, 0.5) is 4.39 Å². The molecule has 0 aliphatic rings. The molecule has 0 radical (unpaired) electrons. The molecule has 0 amide bonds. The molecule has 0 saturated heterocycles. The predicted octanol–water partition coefficient (Wildman–Crippen LogP) is 2.56. The lowest BCUT2D eigenvalue weighted by Gasteiger charge is -1.95. The highest BCUT2D eigenvalue weighted by Crippen LogP contribution is 2.11. The Bertz CT molecular complexity index is 241. The maximum Gasteiger partial charge on any atom is 0.154 e. The van der Waals surface area contributed by atoms with Crippen LogP contribution in [0.15, 0.2) is 12.3 Å². The maximum atomic E-state index is 12.5. The van der Waals surface area contributed by atoms with E-state index in [9.17, 15) is 4.39 Å². The molecule has 0 fully saturated rings. The molecule has 0 spiro atoms. The lowest BCUT2D eigenvalue weighted by Crippen LogP contribution is -1.89. The van der Waals surface area contributed by atoms with E-state index in [-0.39, 0.29) is 5.82 Å². The Morgan fingerprint density at radius 1 is 1.70 bits per heavy atom. The minimum Gasteiger partial charge on any atom is -0.257 e. The topological polar surface area (TPSA) is 12.9 Å². The van der Waals surface area contributed by atoms with Gasteiger partial charge in [0.2, 0.25) is 0 Å². The second kappa shape index (κ2) is 3.48. The number of nitrogens with zero attached hydrogens (tertiary/aromatic N) is 1. The van der Waals surface area contributed by atoms with Gasteiger partial charge in [-0.25, -0.2) is 4.39 Å². The van der Waals surface area contributed by atoms with Crippen molar-refractivity contribution in [3.63, 3.8) is 0 Å². The van der Waals surface area contributed by atoms with E-state index in [2.05, 4.69) is 4.98 Å². The average molecular weight is 271 g/mol. The van der Waals surface area contributed by atoms with Gasteiger partial charge in [-0.05, 0) is 28.7 Å². The van der Waals surface area contributed by atoms with Gasteiger partial charge in [-0.2, -0.15) is 0 Å². The summed E-state index contributed by atoms with van der Waals surface area (Å²) in [6.45, 7) is 0. The molecule has 54 valence electrons. The van der Waals surface area contributed by atoms with Gasteiger partial charge >= 0.3 is 0 Å². The molecule has 1 rings (SSSR count). The minimum absolute atomic E-state index is 0.297. The first kappa shape index (κ1) is 8.20. The Balaban J connectivity index is 3.04. The zero-order chi connectivity index (χ0) is 7.56. The highest BCUT2D eigenvalue weighted by Gasteiger charge is 1.99. The summed E-state index contributed by atoms with van der Waals surface area (Å²) in [6, 6.07) is 1.63. The summed E-state index contributed by atoms with van der Waals surface area (Å²) < 4.78 is 13.1. The third kappa shape index (κ3) is 1.79. The molecule has 0 bridgehead atoms. The summed E-state index contributed by atoms with van der Waals surface area (Å²) >= 11 is 7.36. The molecule has 0 saturated carbocycles. The van der Waals surface area contributed by atoms with E-state index in [1.165, 1.54) is 6.20 Å². The van der Waals surface area contributed by atoms with E-state index in [1.54, 1.807) is 6.07 Å². The molecule has 0 N–H and O–H groups in total. The summed E-state index contributed by atoms with van der Waals surface area (Å²) in [7, 11) is 0. The van der Waals surface area contributed by atoms with Crippen molar-refractivity contribution in [2.75, 3.05) is 0 Å². The number of hydrogen-bond donors (Lipinski definition) is 0. The summed E-state index contributed by atoms with van der Waals surface area (Å²) in [5.41, 5.74) is 0.701. The standard InChI is InChI=1S/C6H4ClFIN/c7-2-4-1-6(9)5(8)3-10-4/h1,3H,2H2. The van der Waals surface area contributed by atoms with Gasteiger partial charge in [0, 0.05) is 0 Å². The summed E-state index contributed by atoms with van der Waals surface area (Å²) in [5, 5.41) is 0. The number of pyridine rings is 1. The molecule has 4 heteroatoms. The third-order valence-electron chi connectivity index (χ3n) is 1.00. The van der Waals surface area contributed by atoms with Crippen LogP contribution in [-0.2, 0) is 5.88 Å². The molecular weight excluding hydrogens is 267 g/mol. The molecule has 1 nitrogen and oxygen atoms in total. The Labute approximate surface area is 76.7 Å². The fourth-order valence-electron chi connectivity index (χ4n) is 0.527. The van der Waals surface area contributed by atoms with Crippen LogP contribution in [0.1, 0.15) is 5.69 Å². The molecule has 1 aromatic rings. The molecule has 1 aromatic heterocycles. The van der Waals surface area contributed by atoms with Crippen LogP contribution in [0.25, 0.3) is 0 Å². The van der Waals surface area contributed by atoms with Gasteiger partial charge in [0.15, 0.2) is 5.82 Å². The first-order valence-electron chi connectivity index (χ1n) is 2.60. The molecule has 10 heavy (non-hydrogen) atoms. The summed E-state index contributed by atoms with van der Waals surface area (Å²) in [5.74, 6) is 0.0329. The van der Waals surface area contributed by atoms with E-state index >= 15 is 0 Å². The first-order chi connectivity index (χ1) is 4.74. The van der Waals surface area contributed by atoms with Crippen molar-refractivity contribution in [3.8, 4) is 0 Å². The van der Waals surface area contributed by atoms with Crippen molar-refractivity contribution >= 4 is 34.2 Å². The summed E-state index contributed by atoms with van der Waals surface area (Å²) in [6.07, 6.45) is 1.18. The monoisotopic (exact) mass is 271 g/mol. The summed E-state index contributed by atoms with van der Waals surface area (Å²) in [4.78, 5) is 3.75. The number of hydrogen-bond acceptors (Lipinski definition) is 1. The van der Waals surface area contributed by atoms with Crippen LogP contribution >= 0.6 is 34.2 Å². The predicted molar refractivity (Wildman–Crippen MR) is 46.5 cm³/mol. The highest BCUT2D eigenvalue weighted by atomic mass is 127. The van der Waals surface area contributed by atoms with E-state index < -0.39 is 0 Å². The lowest BCUT2D eigenvalue weighted by molar-refractivity contribution is 0.612. The smallest absolute Gasteiger partial charge is 0.154 e. The van der Waals surface area contributed by atoms with Crippen molar-refractivity contribution in [3.05, 3.63) is 27.3 Å². The van der Waals surface area contributed by atoms with Gasteiger partial charge in [0.1, 0.15) is 0 Å². The number of alkyl halides is 1. The quantitative estimate of drug-likeness (QED) is 0.565. The Morgan fingerprint density at radius 3 is 2.90 bits per heavy atom. The SMILES string of the molecule is Fc1cnc(CCl)cc1I. The van der Waals surface area contributed by atoms with Gasteiger partial charge < -0.3 is 0 Å². The van der Waals surface area contributed by atoms with E-state index in [0.29, 0.717) is 15.1 Å². The first-order valence-corrected chi connectivity index (χ1v) is 4.21. The van der Waals surface area contributed by atoms with Crippen LogP contribution < -0.4 is 0 Å². The Morgan fingerprint density at radius 2 is 2.40 bits per heavy atom. The lowest BCUT2D eigenvalue weighted by atomic mass is 10.4. The van der Waals surface area contributed by atoms with Gasteiger partial charge in [-0.15, -0.1) is 11.6 Å². The van der Waals surface area contributed by atoms with Gasteiger partial charge in [0.25, 0.3) is 0 Å². The van der Waals surface area contributed by atoms with Crippen molar-refractivity contribution in [2.24, 2.45) is 0 Å². The second-order valence-electron chi connectivity index (χ2n) is 1.72. The molecule has 0 aromatic carbocycles. The van der Waals surface area contributed by atoms with Crippen molar-refractivity contribution in [1.82, 2.24) is 4.98 Å². The number of aromatic nitrogens is 1. The fraction of sp³-hybridized carbons (Fsp3) is 0.167. The second-order valence-corrected chi connectivity index (χ2v) is 3.15. The molecular formula is C6H4ClFIN. The third-order valence-corrected chi connectivity index (χ3v) is 2.10. The molecule has 0 aliphatic carbocycles. The van der Waals surface area contributed by atoms with Crippen molar-refractivity contribution < 1.29 is 4.39 Å². The molecule has 0 atom stereocenters.